The van der Waals surface area contributed by atoms with Gasteiger partial charge in [0.25, 0.3) is 0 Å². The summed E-state index contributed by atoms with van der Waals surface area (Å²) in [6.07, 6.45) is 1.64. The highest BCUT2D eigenvalue weighted by atomic mass is 32.1. The molecule has 3 rings (SSSR count). The van der Waals surface area contributed by atoms with Crippen molar-refractivity contribution in [1.82, 2.24) is 15.3 Å². The Hall–Kier alpha value is -2.47. The maximum atomic E-state index is 11.8. The number of hydrogen-bond acceptors (Lipinski definition) is 4. The molecule has 2 N–H and O–H groups in total. The number of amides is 2. The third-order valence-electron chi connectivity index (χ3n) is 3.21. The molecule has 0 fully saturated rings. The van der Waals surface area contributed by atoms with Crippen LogP contribution >= 0.6 is 11.3 Å². The number of fused-ring (bicyclic) bond motifs is 1. The lowest BCUT2D eigenvalue weighted by Gasteiger charge is -2.10. The number of rotatable bonds is 4. The van der Waals surface area contributed by atoms with Crippen LogP contribution in [0.25, 0.3) is 10.2 Å². The van der Waals surface area contributed by atoms with Gasteiger partial charge in [0.05, 0.1) is 15.2 Å². The number of aromatic nitrogens is 2. The van der Waals surface area contributed by atoms with Crippen molar-refractivity contribution in [2.45, 2.75) is 12.8 Å². The lowest BCUT2D eigenvalue weighted by molar-refractivity contribution is 0.251. The van der Waals surface area contributed by atoms with Crippen molar-refractivity contribution >= 4 is 33.4 Å². The highest BCUT2D eigenvalue weighted by molar-refractivity contribution is 7.18. The van der Waals surface area contributed by atoms with E-state index in [1.807, 2.05) is 24.3 Å². The molecule has 0 saturated heterocycles. The first-order chi connectivity index (χ1) is 10.7. The van der Waals surface area contributed by atoms with Crippen molar-refractivity contribution in [3.8, 4) is 0 Å². The van der Waals surface area contributed by atoms with Gasteiger partial charge in [0.15, 0.2) is 0 Å². The first-order valence-electron chi connectivity index (χ1n) is 7.04. The van der Waals surface area contributed by atoms with Gasteiger partial charge in [-0.15, -0.1) is 11.3 Å². The lowest BCUT2D eigenvalue weighted by atomic mass is 10.2. The summed E-state index contributed by atoms with van der Waals surface area (Å²) in [5, 5.41) is 6.57. The van der Waals surface area contributed by atoms with Gasteiger partial charge in [0.2, 0.25) is 0 Å². The number of nitrogens with one attached hydrogen (secondary N) is 2. The smallest absolute Gasteiger partial charge is 0.320 e. The summed E-state index contributed by atoms with van der Waals surface area (Å²) < 4.78 is 1.17. The molecule has 112 valence electrons. The molecule has 1 unspecified atom stereocenters. The van der Waals surface area contributed by atoms with E-state index in [4.69, 9.17) is 0 Å². The van der Waals surface area contributed by atoms with Gasteiger partial charge in [-0.2, -0.15) is 0 Å². The number of thiazole rings is 1. The predicted molar refractivity (Wildman–Crippen MR) is 89.3 cm³/mol. The zero-order valence-electron chi connectivity index (χ0n) is 12.1. The van der Waals surface area contributed by atoms with Crippen LogP contribution in [-0.2, 0) is 0 Å². The molecule has 0 radical (unpaired) electrons. The molecule has 2 amide bonds. The average Bonchev–Trinajstić information content (AvgIpc) is 2.98. The minimum absolute atomic E-state index is 0.159. The molecule has 0 spiro atoms. The van der Waals surface area contributed by atoms with Crippen molar-refractivity contribution in [2.75, 3.05) is 11.9 Å². The monoisotopic (exact) mass is 312 g/mol. The van der Waals surface area contributed by atoms with Crippen LogP contribution < -0.4 is 10.6 Å². The van der Waals surface area contributed by atoms with Crippen molar-refractivity contribution in [2.24, 2.45) is 0 Å². The van der Waals surface area contributed by atoms with E-state index in [-0.39, 0.29) is 11.9 Å². The fraction of sp³-hybridized carbons (Fsp3) is 0.188. The Morgan fingerprint density at radius 3 is 2.82 bits per heavy atom. The molecule has 0 saturated carbocycles. The van der Waals surface area contributed by atoms with Crippen LogP contribution in [0.1, 0.15) is 17.8 Å². The Morgan fingerprint density at radius 2 is 2.05 bits per heavy atom. The summed E-state index contributed by atoms with van der Waals surface area (Å²) in [4.78, 5) is 20.5. The SMILES string of the molecule is CC(CNC(=O)Nc1ccccn1)c1nc2ccccc2s1. The quantitative estimate of drug-likeness (QED) is 0.773. The number of pyridine rings is 1. The molecule has 3 aromatic rings. The maximum Gasteiger partial charge on any atom is 0.320 e. The molecule has 0 aliphatic rings. The van der Waals surface area contributed by atoms with E-state index >= 15 is 0 Å². The lowest BCUT2D eigenvalue weighted by Crippen LogP contribution is -2.32. The zero-order valence-corrected chi connectivity index (χ0v) is 12.9. The number of carbonyl (C=O) groups is 1. The van der Waals surface area contributed by atoms with Gasteiger partial charge in [0, 0.05) is 18.7 Å². The fourth-order valence-corrected chi connectivity index (χ4v) is 3.05. The molecule has 5 nitrogen and oxygen atoms in total. The van der Waals surface area contributed by atoms with Gasteiger partial charge in [-0.3, -0.25) is 5.32 Å². The highest BCUT2D eigenvalue weighted by Gasteiger charge is 2.12. The van der Waals surface area contributed by atoms with Crippen molar-refractivity contribution < 1.29 is 4.79 Å². The van der Waals surface area contributed by atoms with Gasteiger partial charge in [-0.05, 0) is 24.3 Å². The van der Waals surface area contributed by atoms with E-state index in [2.05, 4.69) is 33.6 Å². The van der Waals surface area contributed by atoms with E-state index in [9.17, 15) is 4.79 Å². The molecular weight excluding hydrogens is 296 g/mol. The van der Waals surface area contributed by atoms with Gasteiger partial charge in [-0.25, -0.2) is 14.8 Å². The normalized spacial score (nSPS) is 12.0. The summed E-state index contributed by atoms with van der Waals surface area (Å²) in [5.74, 6) is 0.694. The van der Waals surface area contributed by atoms with Crippen LogP contribution in [0.4, 0.5) is 10.6 Å². The van der Waals surface area contributed by atoms with E-state index < -0.39 is 0 Å². The second-order valence-corrected chi connectivity index (χ2v) is 6.03. The van der Waals surface area contributed by atoms with Crippen molar-refractivity contribution in [3.63, 3.8) is 0 Å². The Kier molecular flexibility index (Phi) is 4.29. The molecule has 1 atom stereocenters. The molecule has 0 aliphatic carbocycles. The minimum Gasteiger partial charge on any atom is -0.337 e. The summed E-state index contributed by atoms with van der Waals surface area (Å²) in [5.41, 5.74) is 1.01. The topological polar surface area (TPSA) is 66.9 Å². The zero-order chi connectivity index (χ0) is 15.4. The molecule has 0 aliphatic heterocycles. The molecular formula is C16H16N4OS. The van der Waals surface area contributed by atoms with Crippen LogP contribution in [0, 0.1) is 0 Å². The van der Waals surface area contributed by atoms with Gasteiger partial charge < -0.3 is 5.32 Å². The summed E-state index contributed by atoms with van der Waals surface area (Å²) in [7, 11) is 0. The van der Waals surface area contributed by atoms with E-state index in [1.165, 1.54) is 4.70 Å². The third kappa shape index (κ3) is 3.40. The number of anilines is 1. The first-order valence-corrected chi connectivity index (χ1v) is 7.85. The van der Waals surface area contributed by atoms with Crippen LogP contribution in [-0.4, -0.2) is 22.5 Å². The number of hydrogen-bond donors (Lipinski definition) is 2. The summed E-state index contributed by atoms with van der Waals surface area (Å²) in [6.45, 7) is 2.58. The van der Waals surface area contributed by atoms with Gasteiger partial charge in [-0.1, -0.05) is 25.1 Å². The Bertz CT molecular complexity index is 739. The number of para-hydroxylation sites is 1. The Balaban J connectivity index is 1.57. The van der Waals surface area contributed by atoms with E-state index in [0.717, 1.165) is 10.5 Å². The van der Waals surface area contributed by atoms with Gasteiger partial charge in [0.1, 0.15) is 5.82 Å². The van der Waals surface area contributed by atoms with Crippen LogP contribution in [0.5, 0.6) is 0 Å². The Labute approximate surface area is 132 Å². The number of benzene rings is 1. The van der Waals surface area contributed by atoms with E-state index in [0.29, 0.717) is 12.4 Å². The average molecular weight is 312 g/mol. The molecule has 0 bridgehead atoms. The van der Waals surface area contributed by atoms with Crippen LogP contribution in [0.3, 0.4) is 0 Å². The fourth-order valence-electron chi connectivity index (χ4n) is 2.03. The first kappa shape index (κ1) is 14.5. The maximum absolute atomic E-state index is 11.8. The standard InChI is InChI=1S/C16H16N4OS/c1-11(15-19-12-6-2-3-7-13(12)22-15)10-18-16(21)20-14-8-4-5-9-17-14/h2-9,11H,10H2,1H3,(H2,17,18,20,21). The number of urea groups is 1. The van der Waals surface area contributed by atoms with E-state index in [1.54, 1.807) is 29.7 Å². The highest BCUT2D eigenvalue weighted by Crippen LogP contribution is 2.26. The molecule has 1 aromatic carbocycles. The summed E-state index contributed by atoms with van der Waals surface area (Å²) >= 11 is 1.67. The number of nitrogens with zero attached hydrogens (tertiary/aromatic N) is 2. The molecule has 2 heterocycles. The molecule has 6 heteroatoms. The van der Waals surface area contributed by atoms with Crippen LogP contribution in [0.15, 0.2) is 48.7 Å². The second kappa shape index (κ2) is 6.53. The predicted octanol–water partition coefficient (Wildman–Crippen LogP) is 3.62. The van der Waals surface area contributed by atoms with Crippen molar-refractivity contribution in [3.05, 3.63) is 53.7 Å². The molecule has 2 aromatic heterocycles. The minimum atomic E-state index is -0.258. The second-order valence-electron chi connectivity index (χ2n) is 4.97. The summed E-state index contributed by atoms with van der Waals surface area (Å²) in [6, 6.07) is 13.2. The molecule has 22 heavy (non-hydrogen) atoms. The third-order valence-corrected chi connectivity index (χ3v) is 4.48. The Morgan fingerprint density at radius 1 is 1.23 bits per heavy atom. The number of carbonyl (C=O) groups excluding carboxylic acids is 1. The van der Waals surface area contributed by atoms with Crippen molar-refractivity contribution in [1.29, 1.82) is 0 Å². The van der Waals surface area contributed by atoms with Crippen LogP contribution in [0.2, 0.25) is 0 Å². The van der Waals surface area contributed by atoms with Gasteiger partial charge >= 0.3 is 6.03 Å². The largest absolute Gasteiger partial charge is 0.337 e.